The number of carbonyl (C=O) groups is 1. The molecule has 0 saturated heterocycles. The lowest BCUT2D eigenvalue weighted by atomic mass is 10.1. The molecule has 1 heterocycles. The van der Waals surface area contributed by atoms with Crippen molar-refractivity contribution in [1.29, 1.82) is 0 Å². The highest BCUT2D eigenvalue weighted by Crippen LogP contribution is 2.32. The first-order valence-corrected chi connectivity index (χ1v) is 9.10. The van der Waals surface area contributed by atoms with E-state index in [1.165, 1.54) is 0 Å². The second-order valence-electron chi connectivity index (χ2n) is 6.36. The van der Waals surface area contributed by atoms with Gasteiger partial charge in [-0.2, -0.15) is 0 Å². The monoisotopic (exact) mass is 372 g/mol. The molecule has 0 spiro atoms. The second-order valence-corrected chi connectivity index (χ2v) is 6.36. The van der Waals surface area contributed by atoms with Crippen LogP contribution in [0.4, 0.5) is 5.69 Å². The number of aromatic nitrogens is 3. The van der Waals surface area contributed by atoms with Crippen molar-refractivity contribution in [1.82, 2.24) is 15.0 Å². The van der Waals surface area contributed by atoms with E-state index in [4.69, 9.17) is 4.74 Å². The molecule has 4 rings (SSSR count). The van der Waals surface area contributed by atoms with E-state index in [9.17, 15) is 4.79 Å². The Morgan fingerprint density at radius 1 is 1.04 bits per heavy atom. The van der Waals surface area contributed by atoms with Crippen LogP contribution < -0.4 is 9.64 Å². The average molecular weight is 372 g/mol. The molecule has 4 aromatic rings. The molecule has 1 amide bonds. The molecule has 0 fully saturated rings. The Kier molecular flexibility index (Phi) is 4.76. The van der Waals surface area contributed by atoms with Gasteiger partial charge in [0, 0.05) is 19.2 Å². The van der Waals surface area contributed by atoms with Crippen LogP contribution >= 0.6 is 0 Å². The first kappa shape index (κ1) is 17.7. The summed E-state index contributed by atoms with van der Waals surface area (Å²) in [6.07, 6.45) is 0. The number of aryl methyl sites for hydroxylation is 1. The molecular weight excluding hydrogens is 352 g/mol. The van der Waals surface area contributed by atoms with E-state index in [1.807, 2.05) is 67.6 Å². The number of nitrogens with zero attached hydrogens (tertiary/aromatic N) is 4. The zero-order valence-electron chi connectivity index (χ0n) is 15.7. The van der Waals surface area contributed by atoms with Gasteiger partial charge >= 0.3 is 0 Å². The van der Waals surface area contributed by atoms with Gasteiger partial charge in [-0.25, -0.2) is 4.68 Å². The summed E-state index contributed by atoms with van der Waals surface area (Å²) in [5, 5.41) is 8.26. The molecular formula is C22H20N4O2. The van der Waals surface area contributed by atoms with Crippen LogP contribution in [-0.4, -0.2) is 27.9 Å². The highest BCUT2D eigenvalue weighted by molar-refractivity contribution is 6.07. The van der Waals surface area contributed by atoms with Gasteiger partial charge in [-0.15, -0.1) is 5.10 Å². The molecule has 1 aromatic heterocycles. The fraction of sp³-hybridized carbons (Fsp3) is 0.136. The summed E-state index contributed by atoms with van der Waals surface area (Å²) in [6, 6.07) is 22.4. The van der Waals surface area contributed by atoms with E-state index in [2.05, 4.69) is 10.3 Å². The largest absolute Gasteiger partial charge is 0.455 e. The van der Waals surface area contributed by atoms with Crippen molar-refractivity contribution in [3.63, 3.8) is 0 Å². The molecule has 6 nitrogen and oxygen atoms in total. The van der Waals surface area contributed by atoms with E-state index >= 15 is 0 Å². The van der Waals surface area contributed by atoms with Crippen molar-refractivity contribution >= 4 is 22.6 Å². The van der Waals surface area contributed by atoms with Crippen LogP contribution in [0.3, 0.4) is 0 Å². The fourth-order valence-corrected chi connectivity index (χ4v) is 3.08. The van der Waals surface area contributed by atoms with Crippen molar-refractivity contribution in [3.05, 3.63) is 78.4 Å². The zero-order valence-corrected chi connectivity index (χ0v) is 15.7. The molecule has 0 atom stereocenters. The van der Waals surface area contributed by atoms with Crippen LogP contribution in [0, 0.1) is 0 Å². The number of amides is 1. The number of carbonyl (C=O) groups excluding carboxylic acids is 1. The number of rotatable bonds is 5. The lowest BCUT2D eigenvalue weighted by Gasteiger charge is -2.20. The number of hydrogen-bond acceptors (Lipinski definition) is 4. The standard InChI is InChI=1S/C22H20N4O2/c1-3-26-19-14-13-16(15-18(19)23-24-26)22(27)25(2)20-11-7-8-12-21(20)28-17-9-5-4-6-10-17/h4-15H,3H2,1-2H3. The predicted octanol–water partition coefficient (Wildman–Crippen LogP) is 4.52. The van der Waals surface area contributed by atoms with Crippen LogP contribution in [0.5, 0.6) is 11.5 Å². The van der Waals surface area contributed by atoms with Gasteiger partial charge in [-0.05, 0) is 49.4 Å². The summed E-state index contributed by atoms with van der Waals surface area (Å²) < 4.78 is 7.79. The summed E-state index contributed by atoms with van der Waals surface area (Å²) in [4.78, 5) is 14.7. The number of ether oxygens (including phenoxy) is 1. The van der Waals surface area contributed by atoms with Gasteiger partial charge in [-0.1, -0.05) is 35.5 Å². The Hall–Kier alpha value is -3.67. The van der Waals surface area contributed by atoms with Gasteiger partial charge in [0.15, 0.2) is 5.75 Å². The summed E-state index contributed by atoms with van der Waals surface area (Å²) in [6.45, 7) is 2.73. The minimum Gasteiger partial charge on any atom is -0.455 e. The maximum atomic E-state index is 13.1. The van der Waals surface area contributed by atoms with Crippen LogP contribution in [0.25, 0.3) is 11.0 Å². The lowest BCUT2D eigenvalue weighted by Crippen LogP contribution is -2.26. The van der Waals surface area contributed by atoms with Gasteiger partial charge in [0.1, 0.15) is 11.3 Å². The smallest absolute Gasteiger partial charge is 0.258 e. The molecule has 0 aliphatic carbocycles. The van der Waals surface area contributed by atoms with Gasteiger partial charge in [0.05, 0.1) is 11.2 Å². The molecule has 3 aromatic carbocycles. The maximum Gasteiger partial charge on any atom is 0.258 e. The Morgan fingerprint density at radius 3 is 2.57 bits per heavy atom. The third-order valence-corrected chi connectivity index (χ3v) is 4.56. The fourth-order valence-electron chi connectivity index (χ4n) is 3.08. The number of benzene rings is 3. The van der Waals surface area contributed by atoms with Crippen molar-refractivity contribution < 1.29 is 9.53 Å². The molecule has 0 radical (unpaired) electrons. The van der Waals surface area contributed by atoms with Gasteiger partial charge in [0.25, 0.3) is 5.91 Å². The minimum absolute atomic E-state index is 0.142. The van der Waals surface area contributed by atoms with E-state index in [0.717, 1.165) is 12.1 Å². The van der Waals surface area contributed by atoms with Crippen LogP contribution in [-0.2, 0) is 6.54 Å². The SMILES string of the molecule is CCn1nnc2cc(C(=O)N(C)c3ccccc3Oc3ccccc3)ccc21. The molecule has 28 heavy (non-hydrogen) atoms. The molecule has 140 valence electrons. The Labute approximate surface area is 163 Å². The van der Waals surface area contributed by atoms with Gasteiger partial charge < -0.3 is 9.64 Å². The molecule has 0 unspecified atom stereocenters. The summed E-state index contributed by atoms with van der Waals surface area (Å²) in [5.74, 6) is 1.19. The second kappa shape index (κ2) is 7.52. The molecule has 0 aliphatic rings. The van der Waals surface area contributed by atoms with Crippen molar-refractivity contribution in [2.75, 3.05) is 11.9 Å². The predicted molar refractivity (Wildman–Crippen MR) is 109 cm³/mol. The van der Waals surface area contributed by atoms with E-state index in [1.54, 1.807) is 28.8 Å². The topological polar surface area (TPSA) is 60.2 Å². The third-order valence-electron chi connectivity index (χ3n) is 4.56. The van der Waals surface area contributed by atoms with Crippen molar-refractivity contribution in [2.45, 2.75) is 13.5 Å². The molecule has 0 N–H and O–H groups in total. The van der Waals surface area contributed by atoms with Crippen LogP contribution in [0.2, 0.25) is 0 Å². The number of anilines is 1. The van der Waals surface area contributed by atoms with E-state index in [0.29, 0.717) is 28.3 Å². The molecule has 0 bridgehead atoms. The molecule has 6 heteroatoms. The average Bonchev–Trinajstić information content (AvgIpc) is 3.16. The molecule has 0 aliphatic heterocycles. The number of fused-ring (bicyclic) bond motifs is 1. The van der Waals surface area contributed by atoms with Crippen molar-refractivity contribution in [2.24, 2.45) is 0 Å². The Morgan fingerprint density at radius 2 is 1.79 bits per heavy atom. The first-order chi connectivity index (χ1) is 13.7. The first-order valence-electron chi connectivity index (χ1n) is 9.10. The maximum absolute atomic E-state index is 13.1. The number of para-hydroxylation sites is 3. The van der Waals surface area contributed by atoms with Crippen molar-refractivity contribution in [3.8, 4) is 11.5 Å². The Balaban J connectivity index is 1.64. The highest BCUT2D eigenvalue weighted by Gasteiger charge is 2.18. The normalized spacial score (nSPS) is 10.8. The summed E-state index contributed by atoms with van der Waals surface area (Å²) in [5.41, 5.74) is 2.85. The summed E-state index contributed by atoms with van der Waals surface area (Å²) >= 11 is 0. The quantitative estimate of drug-likeness (QED) is 0.517. The van der Waals surface area contributed by atoms with Crippen LogP contribution in [0.15, 0.2) is 72.8 Å². The number of hydrogen-bond donors (Lipinski definition) is 0. The van der Waals surface area contributed by atoms with Gasteiger partial charge in [-0.3, -0.25) is 4.79 Å². The lowest BCUT2D eigenvalue weighted by molar-refractivity contribution is 0.0992. The van der Waals surface area contributed by atoms with E-state index < -0.39 is 0 Å². The van der Waals surface area contributed by atoms with Gasteiger partial charge in [0.2, 0.25) is 0 Å². The third kappa shape index (κ3) is 3.32. The minimum atomic E-state index is -0.142. The zero-order chi connectivity index (χ0) is 19.5. The molecule has 0 saturated carbocycles. The highest BCUT2D eigenvalue weighted by atomic mass is 16.5. The Bertz CT molecular complexity index is 1120. The summed E-state index contributed by atoms with van der Waals surface area (Å²) in [7, 11) is 1.74. The van der Waals surface area contributed by atoms with Crippen LogP contribution in [0.1, 0.15) is 17.3 Å². The van der Waals surface area contributed by atoms with E-state index in [-0.39, 0.29) is 5.91 Å².